The van der Waals surface area contributed by atoms with E-state index in [0.717, 1.165) is 16.9 Å². The van der Waals surface area contributed by atoms with E-state index in [1.807, 2.05) is 0 Å². The molecule has 0 saturated heterocycles. The van der Waals surface area contributed by atoms with Crippen LogP contribution in [0.1, 0.15) is 15.9 Å². The number of thioether (sulfide) groups is 1. The number of non-ortho nitro benzene ring substituents is 1. The summed E-state index contributed by atoms with van der Waals surface area (Å²) in [6.07, 6.45) is 0. The Morgan fingerprint density at radius 3 is 2.61 bits per heavy atom. The molecule has 0 unspecified atom stereocenters. The number of benzene rings is 2. The van der Waals surface area contributed by atoms with E-state index in [1.54, 1.807) is 12.1 Å². The Balaban J connectivity index is 1.65. The number of nitro groups is 2. The predicted octanol–water partition coefficient (Wildman–Crippen LogP) is 3.90. The van der Waals surface area contributed by atoms with Crippen molar-refractivity contribution in [2.45, 2.75) is 10.1 Å². The first-order valence-corrected chi connectivity index (χ1v) is 9.48. The van der Waals surface area contributed by atoms with Crippen LogP contribution in [-0.4, -0.2) is 26.0 Å². The maximum atomic E-state index is 12.3. The lowest BCUT2D eigenvalue weighted by Crippen LogP contribution is -2.13. The van der Waals surface area contributed by atoms with Gasteiger partial charge in [-0.3, -0.25) is 30.3 Å². The molecule has 0 spiro atoms. The smallest absolute Gasteiger partial charge is 0.282 e. The van der Waals surface area contributed by atoms with Crippen molar-refractivity contribution in [1.82, 2.24) is 10.2 Å². The highest BCUT2D eigenvalue weighted by molar-refractivity contribution is 8.00. The molecule has 3 aromatic rings. The molecule has 0 bridgehead atoms. The van der Waals surface area contributed by atoms with Crippen LogP contribution in [0, 0.1) is 20.2 Å². The minimum Gasteiger partial charge on any atom is -0.296 e. The van der Waals surface area contributed by atoms with E-state index in [4.69, 9.17) is 0 Å². The number of carbonyl (C=O) groups is 1. The van der Waals surface area contributed by atoms with Crippen molar-refractivity contribution in [3.63, 3.8) is 0 Å². The number of hydrogen-bond donors (Lipinski definition) is 1. The minimum atomic E-state index is -0.654. The zero-order chi connectivity index (χ0) is 20.1. The maximum absolute atomic E-state index is 12.3. The summed E-state index contributed by atoms with van der Waals surface area (Å²) in [4.78, 5) is 33.0. The average molecular weight is 417 g/mol. The standard InChI is InChI=1S/C16H11N5O5S2/c22-14(12-6-1-2-7-13(12)21(25)26)17-15-18-19-16(28-15)27-9-10-4-3-5-11(8-10)20(23)24/h1-8H,9H2,(H,17,18,22). The average Bonchev–Trinajstić information content (AvgIpc) is 3.13. The van der Waals surface area contributed by atoms with Crippen LogP contribution in [0.15, 0.2) is 52.9 Å². The predicted molar refractivity (Wildman–Crippen MR) is 104 cm³/mol. The molecule has 1 heterocycles. The van der Waals surface area contributed by atoms with Crippen LogP contribution in [-0.2, 0) is 5.75 Å². The van der Waals surface area contributed by atoms with E-state index in [2.05, 4.69) is 15.5 Å². The van der Waals surface area contributed by atoms with E-state index in [0.29, 0.717) is 10.1 Å². The topological polar surface area (TPSA) is 141 Å². The molecule has 12 heteroatoms. The molecule has 0 aliphatic heterocycles. The van der Waals surface area contributed by atoms with Gasteiger partial charge in [-0.1, -0.05) is 47.4 Å². The third kappa shape index (κ3) is 4.66. The summed E-state index contributed by atoms with van der Waals surface area (Å²) in [7, 11) is 0. The fourth-order valence-electron chi connectivity index (χ4n) is 2.21. The van der Waals surface area contributed by atoms with Gasteiger partial charge in [0.25, 0.3) is 17.3 Å². The fraction of sp³-hybridized carbons (Fsp3) is 0.0625. The lowest BCUT2D eigenvalue weighted by Gasteiger charge is -2.02. The number of para-hydroxylation sites is 1. The summed E-state index contributed by atoms with van der Waals surface area (Å²) in [5.41, 5.74) is 0.381. The molecule has 1 amide bonds. The van der Waals surface area contributed by atoms with Gasteiger partial charge in [0.15, 0.2) is 4.34 Å². The Bertz CT molecular complexity index is 1060. The summed E-state index contributed by atoms with van der Waals surface area (Å²) in [5, 5.41) is 32.3. The molecule has 3 rings (SSSR count). The molecule has 1 N–H and O–H groups in total. The number of anilines is 1. The maximum Gasteiger partial charge on any atom is 0.282 e. The van der Waals surface area contributed by atoms with Crippen LogP contribution < -0.4 is 5.32 Å². The van der Waals surface area contributed by atoms with Gasteiger partial charge in [-0.15, -0.1) is 10.2 Å². The molecule has 1 aromatic heterocycles. The number of aromatic nitrogens is 2. The second-order valence-electron chi connectivity index (χ2n) is 5.32. The lowest BCUT2D eigenvalue weighted by molar-refractivity contribution is -0.385. The van der Waals surface area contributed by atoms with Crippen molar-refractivity contribution in [2.75, 3.05) is 5.32 Å². The molecule has 2 aromatic carbocycles. The van der Waals surface area contributed by atoms with Gasteiger partial charge in [0.05, 0.1) is 9.85 Å². The third-order valence-corrected chi connectivity index (χ3v) is 5.50. The van der Waals surface area contributed by atoms with Crippen molar-refractivity contribution in [2.24, 2.45) is 0 Å². The number of rotatable bonds is 7. The van der Waals surface area contributed by atoms with Gasteiger partial charge in [-0.25, -0.2) is 0 Å². The summed E-state index contributed by atoms with van der Waals surface area (Å²) in [5.74, 6) is -0.215. The van der Waals surface area contributed by atoms with E-state index in [-0.39, 0.29) is 22.1 Å². The largest absolute Gasteiger partial charge is 0.296 e. The monoisotopic (exact) mass is 417 g/mol. The van der Waals surface area contributed by atoms with Gasteiger partial charge in [0, 0.05) is 24.0 Å². The molecule has 0 aliphatic carbocycles. The first kappa shape index (κ1) is 19.4. The number of nitrogens with one attached hydrogen (secondary N) is 1. The van der Waals surface area contributed by atoms with Gasteiger partial charge < -0.3 is 0 Å². The van der Waals surface area contributed by atoms with Crippen molar-refractivity contribution >= 4 is 45.5 Å². The third-order valence-electron chi connectivity index (χ3n) is 3.46. The molecule has 0 aliphatic rings. The fourth-order valence-corrected chi connectivity index (χ4v) is 3.90. The lowest BCUT2D eigenvalue weighted by atomic mass is 10.1. The number of nitro benzene ring substituents is 2. The van der Waals surface area contributed by atoms with E-state index < -0.39 is 15.8 Å². The first-order chi connectivity index (χ1) is 13.4. The molecule has 28 heavy (non-hydrogen) atoms. The summed E-state index contributed by atoms with van der Waals surface area (Å²) < 4.78 is 0.546. The van der Waals surface area contributed by atoms with Crippen molar-refractivity contribution in [3.05, 3.63) is 79.9 Å². The SMILES string of the molecule is O=C(Nc1nnc(SCc2cccc([N+](=O)[O-])c2)s1)c1ccccc1[N+](=O)[O-]. The molecule has 0 saturated carbocycles. The van der Waals surface area contributed by atoms with E-state index in [1.165, 1.54) is 48.2 Å². The number of hydrogen-bond acceptors (Lipinski definition) is 9. The van der Waals surface area contributed by atoms with Crippen LogP contribution in [0.25, 0.3) is 0 Å². The Morgan fingerprint density at radius 2 is 1.86 bits per heavy atom. The highest BCUT2D eigenvalue weighted by atomic mass is 32.2. The quantitative estimate of drug-likeness (QED) is 0.264. The summed E-state index contributed by atoms with van der Waals surface area (Å²) in [6, 6.07) is 11.9. The normalized spacial score (nSPS) is 10.4. The van der Waals surface area contributed by atoms with Crippen LogP contribution in [0.4, 0.5) is 16.5 Å². The molecule has 0 fully saturated rings. The van der Waals surface area contributed by atoms with Crippen LogP contribution in [0.3, 0.4) is 0 Å². The molecule has 142 valence electrons. The number of nitrogens with zero attached hydrogens (tertiary/aromatic N) is 4. The Morgan fingerprint density at radius 1 is 1.07 bits per heavy atom. The highest BCUT2D eigenvalue weighted by Gasteiger charge is 2.20. The zero-order valence-electron chi connectivity index (χ0n) is 14.0. The van der Waals surface area contributed by atoms with E-state index >= 15 is 0 Å². The van der Waals surface area contributed by atoms with Crippen LogP contribution in [0.5, 0.6) is 0 Å². The van der Waals surface area contributed by atoms with Gasteiger partial charge in [0.2, 0.25) is 5.13 Å². The van der Waals surface area contributed by atoms with Gasteiger partial charge >= 0.3 is 0 Å². The van der Waals surface area contributed by atoms with Crippen molar-refractivity contribution in [3.8, 4) is 0 Å². The summed E-state index contributed by atoms with van der Waals surface area (Å²) in [6.45, 7) is 0. The zero-order valence-corrected chi connectivity index (χ0v) is 15.6. The van der Waals surface area contributed by atoms with Crippen LogP contribution in [0.2, 0.25) is 0 Å². The molecular weight excluding hydrogens is 406 g/mol. The molecule has 10 nitrogen and oxygen atoms in total. The Labute approximate surface area is 165 Å². The molecule has 0 radical (unpaired) electrons. The Hall–Kier alpha value is -3.38. The Kier molecular flexibility index (Phi) is 5.91. The van der Waals surface area contributed by atoms with E-state index in [9.17, 15) is 25.0 Å². The summed E-state index contributed by atoms with van der Waals surface area (Å²) >= 11 is 2.41. The van der Waals surface area contributed by atoms with Crippen molar-refractivity contribution in [1.29, 1.82) is 0 Å². The second-order valence-corrected chi connectivity index (χ2v) is 7.52. The number of carbonyl (C=O) groups excluding carboxylic acids is 1. The molecule has 0 atom stereocenters. The molecular formula is C16H11N5O5S2. The number of amides is 1. The second kappa shape index (κ2) is 8.54. The van der Waals surface area contributed by atoms with Crippen molar-refractivity contribution < 1.29 is 14.6 Å². The first-order valence-electron chi connectivity index (χ1n) is 7.68. The van der Waals surface area contributed by atoms with Gasteiger partial charge in [-0.2, -0.15) is 0 Å². The van der Waals surface area contributed by atoms with Gasteiger partial charge in [-0.05, 0) is 11.6 Å². The van der Waals surface area contributed by atoms with Crippen LogP contribution >= 0.6 is 23.1 Å². The minimum absolute atomic E-state index is 0.00720. The van der Waals surface area contributed by atoms with Gasteiger partial charge in [0.1, 0.15) is 5.56 Å². The highest BCUT2D eigenvalue weighted by Crippen LogP contribution is 2.29.